The zero-order chi connectivity index (χ0) is 21.7. The number of H-pyrrole nitrogens is 1. The van der Waals surface area contributed by atoms with Gasteiger partial charge in [0.05, 0.1) is 29.7 Å². The molecule has 0 atom stereocenters. The van der Waals surface area contributed by atoms with Crippen molar-refractivity contribution in [2.75, 3.05) is 7.05 Å². The fraction of sp³-hybridized carbons (Fsp3) is 0.261. The van der Waals surface area contributed by atoms with Crippen LogP contribution in [-0.4, -0.2) is 33.7 Å². The highest BCUT2D eigenvalue weighted by Gasteiger charge is 2.20. The molecule has 0 spiro atoms. The van der Waals surface area contributed by atoms with Gasteiger partial charge in [0, 0.05) is 42.2 Å². The van der Waals surface area contributed by atoms with Gasteiger partial charge in [0.15, 0.2) is 0 Å². The molecule has 0 fully saturated rings. The van der Waals surface area contributed by atoms with Crippen LogP contribution in [0.15, 0.2) is 58.7 Å². The molecular weight excluding hydrogens is 379 g/mol. The highest BCUT2D eigenvalue weighted by Crippen LogP contribution is 2.33. The van der Waals surface area contributed by atoms with Crippen LogP contribution in [0.2, 0.25) is 0 Å². The van der Waals surface area contributed by atoms with E-state index in [2.05, 4.69) is 25.5 Å². The van der Waals surface area contributed by atoms with Crippen molar-refractivity contribution in [3.63, 3.8) is 0 Å². The van der Waals surface area contributed by atoms with Crippen molar-refractivity contribution in [2.45, 2.75) is 34.2 Å². The van der Waals surface area contributed by atoms with E-state index in [-0.39, 0.29) is 5.82 Å². The number of nitrogens with one attached hydrogen (secondary N) is 2. The first kappa shape index (κ1) is 21.2. The fourth-order valence-corrected chi connectivity index (χ4v) is 3.42. The molecule has 0 saturated heterocycles. The molecule has 2 heterocycles. The molecule has 7 heteroatoms. The van der Waals surface area contributed by atoms with Gasteiger partial charge in [0.2, 0.25) is 0 Å². The van der Waals surface area contributed by atoms with Crippen LogP contribution in [0.25, 0.3) is 16.6 Å². The summed E-state index contributed by atoms with van der Waals surface area (Å²) in [6, 6.07) is 3.85. The molecule has 156 valence electrons. The van der Waals surface area contributed by atoms with Gasteiger partial charge >= 0.3 is 0 Å². The number of allylic oxidation sites excluding steroid dienone is 2. The molecule has 1 aromatic carbocycles. The minimum Gasteiger partial charge on any atom is -0.373 e. The maximum Gasteiger partial charge on any atom is 0.133 e. The van der Waals surface area contributed by atoms with E-state index in [1.54, 1.807) is 19.3 Å². The molecule has 0 amide bonds. The predicted molar refractivity (Wildman–Crippen MR) is 122 cm³/mol. The number of rotatable bonds is 7. The molecule has 0 aliphatic rings. The Hall–Kier alpha value is -3.48. The van der Waals surface area contributed by atoms with E-state index in [9.17, 15) is 0 Å². The summed E-state index contributed by atoms with van der Waals surface area (Å²) >= 11 is 0. The molecule has 0 radical (unpaired) electrons. The van der Waals surface area contributed by atoms with Gasteiger partial charge < -0.3 is 9.88 Å². The van der Waals surface area contributed by atoms with E-state index in [0.717, 1.165) is 22.5 Å². The number of halogens is 1. The van der Waals surface area contributed by atoms with Crippen molar-refractivity contribution < 1.29 is 4.39 Å². The van der Waals surface area contributed by atoms with Gasteiger partial charge in [-0.1, -0.05) is 6.08 Å². The average molecular weight is 407 g/mol. The van der Waals surface area contributed by atoms with E-state index in [0.29, 0.717) is 28.9 Å². The van der Waals surface area contributed by atoms with Crippen molar-refractivity contribution in [1.29, 1.82) is 0 Å². The Balaban J connectivity index is 2.06. The molecule has 30 heavy (non-hydrogen) atoms. The molecule has 0 saturated carbocycles. The van der Waals surface area contributed by atoms with E-state index in [4.69, 9.17) is 0 Å². The van der Waals surface area contributed by atoms with E-state index < -0.39 is 0 Å². The minimum absolute atomic E-state index is 0.248. The zero-order valence-corrected chi connectivity index (χ0v) is 18.0. The summed E-state index contributed by atoms with van der Waals surface area (Å²) in [4.78, 5) is 9.06. The van der Waals surface area contributed by atoms with Gasteiger partial charge in [0.25, 0.3) is 0 Å². The summed E-state index contributed by atoms with van der Waals surface area (Å²) < 4.78 is 17.4. The van der Waals surface area contributed by atoms with E-state index >= 15 is 4.39 Å². The van der Waals surface area contributed by atoms with Gasteiger partial charge in [-0.2, -0.15) is 5.10 Å². The minimum atomic E-state index is -0.248. The predicted octanol–water partition coefficient (Wildman–Crippen LogP) is 4.83. The lowest BCUT2D eigenvalue weighted by atomic mass is 9.96. The second-order valence-electron chi connectivity index (χ2n) is 6.92. The molecule has 0 aliphatic heterocycles. The van der Waals surface area contributed by atoms with Gasteiger partial charge in [-0.05, 0) is 51.5 Å². The van der Waals surface area contributed by atoms with E-state index in [1.165, 1.54) is 0 Å². The van der Waals surface area contributed by atoms with Crippen LogP contribution < -0.4 is 5.32 Å². The number of hydrogen-bond acceptors (Lipinski definition) is 4. The Morgan fingerprint density at radius 1 is 1.27 bits per heavy atom. The first-order valence-electron chi connectivity index (χ1n) is 9.85. The summed E-state index contributed by atoms with van der Waals surface area (Å²) in [6.07, 6.45) is 11.0. The van der Waals surface area contributed by atoms with Crippen molar-refractivity contribution in [1.82, 2.24) is 20.1 Å². The van der Waals surface area contributed by atoms with Crippen molar-refractivity contribution >= 4 is 28.5 Å². The lowest BCUT2D eigenvalue weighted by molar-refractivity contribution is 0.594. The summed E-state index contributed by atoms with van der Waals surface area (Å²) in [6.45, 7) is 7.89. The normalized spacial score (nSPS) is 13.6. The molecule has 3 rings (SSSR count). The monoisotopic (exact) mass is 406 g/mol. The summed E-state index contributed by atoms with van der Waals surface area (Å²) in [7, 11) is 1.82. The smallest absolute Gasteiger partial charge is 0.133 e. The number of benzene rings is 1. The maximum atomic E-state index is 15.4. The number of aromatic nitrogens is 3. The van der Waals surface area contributed by atoms with Gasteiger partial charge in [-0.15, -0.1) is 0 Å². The number of nitrogens with zero attached hydrogens (tertiary/aromatic N) is 4. The van der Waals surface area contributed by atoms with Crippen LogP contribution >= 0.6 is 0 Å². The third kappa shape index (κ3) is 4.25. The third-order valence-electron chi connectivity index (χ3n) is 4.93. The summed E-state index contributed by atoms with van der Waals surface area (Å²) in [5, 5.41) is 11.0. The van der Waals surface area contributed by atoms with Gasteiger partial charge in [-0.3, -0.25) is 10.1 Å². The van der Waals surface area contributed by atoms with Crippen LogP contribution in [-0.2, 0) is 6.54 Å². The quantitative estimate of drug-likeness (QED) is 0.552. The average Bonchev–Trinajstić information content (AvgIpc) is 3.43. The van der Waals surface area contributed by atoms with Crippen LogP contribution in [0.1, 0.15) is 37.5 Å². The Kier molecular flexibility index (Phi) is 6.61. The Bertz CT molecular complexity index is 1150. The maximum absolute atomic E-state index is 15.4. The summed E-state index contributed by atoms with van der Waals surface area (Å²) in [5.74, 6) is 0.511. The lowest BCUT2D eigenvalue weighted by Crippen LogP contribution is -2.06. The SMILES string of the molecule is C\C=C(/N=C(C)/C=N\C(=C/C)c1c(C)c(F)c(Cn2cccc2)c2[nH]ncc12)NC. The molecule has 2 aromatic heterocycles. The topological polar surface area (TPSA) is 70.4 Å². The summed E-state index contributed by atoms with van der Waals surface area (Å²) in [5.41, 5.74) is 3.97. The molecular formula is C23H27FN6. The zero-order valence-electron chi connectivity index (χ0n) is 18.0. The second-order valence-corrected chi connectivity index (χ2v) is 6.92. The number of hydrogen-bond donors (Lipinski definition) is 2. The highest BCUT2D eigenvalue weighted by atomic mass is 19.1. The Labute approximate surface area is 175 Å². The first-order valence-corrected chi connectivity index (χ1v) is 9.85. The van der Waals surface area contributed by atoms with E-state index in [1.807, 2.05) is 69.1 Å². The fourth-order valence-electron chi connectivity index (χ4n) is 3.42. The lowest BCUT2D eigenvalue weighted by Gasteiger charge is -2.14. The molecule has 0 aliphatic carbocycles. The van der Waals surface area contributed by atoms with Crippen LogP contribution in [0, 0.1) is 12.7 Å². The third-order valence-corrected chi connectivity index (χ3v) is 4.93. The van der Waals surface area contributed by atoms with Crippen molar-refractivity contribution in [2.24, 2.45) is 9.98 Å². The first-order chi connectivity index (χ1) is 14.5. The Morgan fingerprint density at radius 2 is 2.00 bits per heavy atom. The Morgan fingerprint density at radius 3 is 2.63 bits per heavy atom. The van der Waals surface area contributed by atoms with Crippen molar-refractivity contribution in [3.05, 3.63) is 71.2 Å². The molecule has 3 aromatic rings. The molecule has 0 bridgehead atoms. The van der Waals surface area contributed by atoms with Crippen LogP contribution in [0.5, 0.6) is 0 Å². The number of aliphatic imine (C=N–C) groups is 2. The van der Waals surface area contributed by atoms with Crippen LogP contribution in [0.4, 0.5) is 4.39 Å². The number of aromatic amines is 1. The van der Waals surface area contributed by atoms with Crippen LogP contribution in [0.3, 0.4) is 0 Å². The highest BCUT2D eigenvalue weighted by molar-refractivity contribution is 6.30. The second kappa shape index (κ2) is 9.35. The molecule has 2 N–H and O–H groups in total. The van der Waals surface area contributed by atoms with Gasteiger partial charge in [0.1, 0.15) is 11.6 Å². The molecule has 6 nitrogen and oxygen atoms in total. The number of fused-ring (bicyclic) bond motifs is 1. The van der Waals surface area contributed by atoms with Crippen molar-refractivity contribution in [3.8, 4) is 0 Å². The molecule has 0 unspecified atom stereocenters. The van der Waals surface area contributed by atoms with Gasteiger partial charge in [-0.25, -0.2) is 9.38 Å². The standard InChI is InChI=1S/C23H27FN6/c1-6-19(26-12-15(3)28-20(7-2)25-5)21-16(4)22(24)18(14-30-10-8-9-11-30)23-17(21)13-27-29-23/h6-13,25H,14H2,1-5H3,(H,27,29)/b19-6-,20-7-,26-12-,28-15+. The largest absolute Gasteiger partial charge is 0.373 e.